The minimum Gasteiger partial charge on any atom is -0.490 e. The first-order chi connectivity index (χ1) is 14.7. The first kappa shape index (κ1) is 20.1. The van der Waals surface area contributed by atoms with Crippen molar-refractivity contribution >= 4 is 11.3 Å². The number of rotatable bonds is 7. The number of aromatic nitrogens is 3. The van der Waals surface area contributed by atoms with Gasteiger partial charge in [-0.05, 0) is 32.0 Å². The molecule has 0 spiro atoms. The van der Waals surface area contributed by atoms with Crippen LogP contribution in [0.15, 0.2) is 36.8 Å². The van der Waals surface area contributed by atoms with Crippen LogP contribution in [0.3, 0.4) is 0 Å². The molecular weight excluding hydrogens is 380 g/mol. The van der Waals surface area contributed by atoms with Crippen molar-refractivity contribution in [3.05, 3.63) is 42.4 Å². The third-order valence-corrected chi connectivity index (χ3v) is 5.01. The van der Waals surface area contributed by atoms with Gasteiger partial charge in [-0.25, -0.2) is 9.50 Å². The van der Waals surface area contributed by atoms with E-state index < -0.39 is 0 Å². The second-order valence-corrected chi connectivity index (χ2v) is 7.46. The normalized spacial score (nSPS) is 14.3. The SMILES string of the molecule is CC(C)OCCOc1cc(-c2ccc(N3CCNCC3)nc2)c2c(C#N)cnn2c1. The summed E-state index contributed by atoms with van der Waals surface area (Å²) in [4.78, 5) is 6.94. The Hall–Kier alpha value is -3.15. The summed E-state index contributed by atoms with van der Waals surface area (Å²) >= 11 is 0. The Morgan fingerprint density at radius 3 is 2.73 bits per heavy atom. The molecule has 8 heteroatoms. The van der Waals surface area contributed by atoms with Crippen LogP contribution in [0.4, 0.5) is 5.82 Å². The molecule has 1 N–H and O–H groups in total. The highest BCUT2D eigenvalue weighted by molar-refractivity contribution is 5.85. The lowest BCUT2D eigenvalue weighted by Crippen LogP contribution is -2.43. The molecule has 30 heavy (non-hydrogen) atoms. The van der Waals surface area contributed by atoms with Crippen molar-refractivity contribution in [2.24, 2.45) is 0 Å². The van der Waals surface area contributed by atoms with E-state index in [9.17, 15) is 5.26 Å². The van der Waals surface area contributed by atoms with Crippen molar-refractivity contribution in [1.29, 1.82) is 5.26 Å². The number of ether oxygens (including phenoxy) is 2. The summed E-state index contributed by atoms with van der Waals surface area (Å²) in [5, 5.41) is 17.2. The van der Waals surface area contributed by atoms with Gasteiger partial charge in [-0.15, -0.1) is 0 Å². The van der Waals surface area contributed by atoms with Gasteiger partial charge in [-0.3, -0.25) is 0 Å². The molecule has 4 heterocycles. The fourth-order valence-corrected chi connectivity index (χ4v) is 3.55. The van der Waals surface area contributed by atoms with Gasteiger partial charge in [0.25, 0.3) is 0 Å². The van der Waals surface area contributed by atoms with Crippen molar-refractivity contribution in [3.8, 4) is 22.9 Å². The summed E-state index contributed by atoms with van der Waals surface area (Å²) in [5.74, 6) is 1.63. The van der Waals surface area contributed by atoms with E-state index in [0.717, 1.165) is 48.6 Å². The Kier molecular flexibility index (Phi) is 6.12. The molecule has 3 aromatic heterocycles. The number of nitriles is 1. The largest absolute Gasteiger partial charge is 0.490 e. The maximum absolute atomic E-state index is 9.53. The summed E-state index contributed by atoms with van der Waals surface area (Å²) in [5.41, 5.74) is 3.05. The number of hydrogen-bond donors (Lipinski definition) is 1. The average molecular weight is 406 g/mol. The lowest BCUT2D eigenvalue weighted by molar-refractivity contribution is 0.0552. The summed E-state index contributed by atoms with van der Waals surface area (Å²) in [6.45, 7) is 8.75. The molecule has 1 saturated heterocycles. The Labute approximate surface area is 176 Å². The number of nitrogens with zero attached hydrogens (tertiary/aromatic N) is 5. The van der Waals surface area contributed by atoms with E-state index >= 15 is 0 Å². The molecule has 0 aromatic carbocycles. The zero-order chi connectivity index (χ0) is 20.9. The van der Waals surface area contributed by atoms with Crippen LogP contribution in [0.1, 0.15) is 19.4 Å². The van der Waals surface area contributed by atoms with Crippen molar-refractivity contribution in [1.82, 2.24) is 19.9 Å². The van der Waals surface area contributed by atoms with Crippen LogP contribution in [-0.4, -0.2) is 60.1 Å². The van der Waals surface area contributed by atoms with Crippen LogP contribution in [0.25, 0.3) is 16.6 Å². The minimum atomic E-state index is 0.163. The predicted octanol–water partition coefficient (Wildman–Crippen LogP) is 2.48. The van der Waals surface area contributed by atoms with E-state index in [1.54, 1.807) is 16.9 Å². The van der Waals surface area contributed by atoms with Gasteiger partial charge in [-0.2, -0.15) is 10.4 Å². The maximum Gasteiger partial charge on any atom is 0.138 e. The van der Waals surface area contributed by atoms with Gasteiger partial charge in [-0.1, -0.05) is 0 Å². The molecule has 3 aromatic rings. The first-order valence-corrected chi connectivity index (χ1v) is 10.2. The lowest BCUT2D eigenvalue weighted by Gasteiger charge is -2.28. The molecule has 4 rings (SSSR count). The van der Waals surface area contributed by atoms with Gasteiger partial charge >= 0.3 is 0 Å². The van der Waals surface area contributed by atoms with Gasteiger partial charge in [0, 0.05) is 43.5 Å². The van der Waals surface area contributed by atoms with Crippen molar-refractivity contribution in [2.45, 2.75) is 20.0 Å². The molecule has 0 saturated carbocycles. The molecule has 0 amide bonds. The number of hydrogen-bond acceptors (Lipinski definition) is 7. The van der Waals surface area contributed by atoms with Gasteiger partial charge in [0.2, 0.25) is 0 Å². The quantitative estimate of drug-likeness (QED) is 0.603. The average Bonchev–Trinajstić information content (AvgIpc) is 3.20. The number of piperazine rings is 1. The fourth-order valence-electron chi connectivity index (χ4n) is 3.55. The van der Waals surface area contributed by atoms with Crippen LogP contribution in [0, 0.1) is 11.3 Å². The maximum atomic E-state index is 9.53. The van der Waals surface area contributed by atoms with E-state index in [4.69, 9.17) is 9.47 Å². The van der Waals surface area contributed by atoms with Gasteiger partial charge in [0.15, 0.2) is 0 Å². The molecule has 8 nitrogen and oxygen atoms in total. The molecule has 1 aliphatic rings. The number of fused-ring (bicyclic) bond motifs is 1. The van der Waals surface area contributed by atoms with E-state index in [0.29, 0.717) is 24.5 Å². The van der Waals surface area contributed by atoms with Crippen LogP contribution < -0.4 is 15.0 Å². The summed E-state index contributed by atoms with van der Waals surface area (Å²) in [6, 6.07) is 8.24. The Bertz CT molecular complexity index is 1030. The van der Waals surface area contributed by atoms with Gasteiger partial charge in [0.05, 0.1) is 36.2 Å². The zero-order valence-corrected chi connectivity index (χ0v) is 17.3. The third-order valence-electron chi connectivity index (χ3n) is 5.01. The van der Waals surface area contributed by atoms with E-state index in [-0.39, 0.29) is 6.10 Å². The smallest absolute Gasteiger partial charge is 0.138 e. The molecule has 1 fully saturated rings. The van der Waals surface area contributed by atoms with Crippen molar-refractivity contribution in [3.63, 3.8) is 0 Å². The van der Waals surface area contributed by atoms with Crippen LogP contribution >= 0.6 is 0 Å². The third kappa shape index (κ3) is 4.37. The van der Waals surface area contributed by atoms with Crippen molar-refractivity contribution < 1.29 is 9.47 Å². The van der Waals surface area contributed by atoms with Gasteiger partial charge in [0.1, 0.15) is 24.2 Å². The Morgan fingerprint density at radius 1 is 1.20 bits per heavy atom. The Morgan fingerprint density at radius 2 is 2.03 bits per heavy atom. The standard InChI is InChI=1S/C22H26N6O2/c1-16(2)29-9-10-30-19-11-20(22-18(12-23)14-26-28(22)15-19)17-3-4-21(25-13-17)27-7-5-24-6-8-27/h3-4,11,13-16,24H,5-10H2,1-2H3. The zero-order valence-electron chi connectivity index (χ0n) is 17.3. The number of nitrogens with one attached hydrogen (secondary N) is 1. The topological polar surface area (TPSA) is 87.7 Å². The number of pyridine rings is 2. The molecule has 0 unspecified atom stereocenters. The summed E-state index contributed by atoms with van der Waals surface area (Å²) in [7, 11) is 0. The first-order valence-electron chi connectivity index (χ1n) is 10.2. The van der Waals surface area contributed by atoms with Gasteiger partial charge < -0.3 is 19.7 Å². The lowest BCUT2D eigenvalue weighted by atomic mass is 10.1. The molecule has 0 radical (unpaired) electrons. The van der Waals surface area contributed by atoms with E-state index in [1.165, 1.54) is 0 Å². The fraction of sp³-hybridized carbons (Fsp3) is 0.409. The second kappa shape index (κ2) is 9.11. The van der Waals surface area contributed by atoms with Crippen LogP contribution in [0.2, 0.25) is 0 Å². The molecule has 156 valence electrons. The molecule has 0 bridgehead atoms. The Balaban J connectivity index is 1.64. The predicted molar refractivity (Wildman–Crippen MR) is 115 cm³/mol. The second-order valence-electron chi connectivity index (χ2n) is 7.46. The number of anilines is 1. The van der Waals surface area contributed by atoms with E-state index in [2.05, 4.69) is 26.4 Å². The molecule has 0 aliphatic carbocycles. The van der Waals surface area contributed by atoms with E-state index in [1.807, 2.05) is 38.2 Å². The summed E-state index contributed by atoms with van der Waals surface area (Å²) < 4.78 is 13.1. The molecule has 0 atom stereocenters. The highest BCUT2D eigenvalue weighted by Crippen LogP contribution is 2.31. The summed E-state index contributed by atoms with van der Waals surface area (Å²) in [6.07, 6.45) is 5.38. The minimum absolute atomic E-state index is 0.163. The monoisotopic (exact) mass is 406 g/mol. The molecule has 1 aliphatic heterocycles. The van der Waals surface area contributed by atoms with Crippen LogP contribution in [0.5, 0.6) is 5.75 Å². The highest BCUT2D eigenvalue weighted by Gasteiger charge is 2.16. The molecular formula is C22H26N6O2. The highest BCUT2D eigenvalue weighted by atomic mass is 16.5. The van der Waals surface area contributed by atoms with Crippen LogP contribution in [-0.2, 0) is 4.74 Å². The van der Waals surface area contributed by atoms with Crippen molar-refractivity contribution in [2.75, 3.05) is 44.3 Å².